The van der Waals surface area contributed by atoms with Crippen LogP contribution in [0.5, 0.6) is 0 Å². The van der Waals surface area contributed by atoms with Crippen molar-refractivity contribution in [3.05, 3.63) is 40.3 Å². The minimum absolute atomic E-state index is 0.0711. The molecule has 10 nitrogen and oxygen atoms in total. The monoisotopic (exact) mass is 677 g/mol. The molecule has 0 spiro atoms. The average Bonchev–Trinajstić information content (AvgIpc) is 3.19. The van der Waals surface area contributed by atoms with Gasteiger partial charge in [0.05, 0.1) is 32.1 Å². The Balaban J connectivity index is 0.000000663. The lowest BCUT2D eigenvalue weighted by Gasteiger charge is -2.36. The number of methoxy groups -OCH3 is 1. The topological polar surface area (TPSA) is 114 Å². The van der Waals surface area contributed by atoms with Gasteiger partial charge < -0.3 is 29.5 Å². The van der Waals surface area contributed by atoms with E-state index in [1.165, 1.54) is 17.6 Å². The van der Waals surface area contributed by atoms with Crippen LogP contribution in [0.2, 0.25) is 0 Å². The first-order valence-electron chi connectivity index (χ1n) is 17.1. The van der Waals surface area contributed by atoms with Gasteiger partial charge in [-0.05, 0) is 95.2 Å². The van der Waals surface area contributed by atoms with Gasteiger partial charge in [0.25, 0.3) is 11.8 Å². The highest BCUT2D eigenvalue weighted by Gasteiger charge is 2.34. The normalized spacial score (nSPS) is 14.3. The highest BCUT2D eigenvalue weighted by atomic mass is 32.1. The molecule has 0 bridgehead atoms. The smallest absolute Gasteiger partial charge is 0.410 e. The van der Waals surface area contributed by atoms with E-state index in [1.807, 2.05) is 40.0 Å². The number of nitrogens with one attached hydrogen (secondary N) is 2. The van der Waals surface area contributed by atoms with Crippen LogP contribution < -0.4 is 10.6 Å². The van der Waals surface area contributed by atoms with Crippen LogP contribution in [-0.4, -0.2) is 91.6 Å². The molecule has 11 heteroatoms. The summed E-state index contributed by atoms with van der Waals surface area (Å²) in [5.41, 5.74) is 1.75. The third-order valence-corrected chi connectivity index (χ3v) is 8.59. The van der Waals surface area contributed by atoms with Crippen molar-refractivity contribution >= 4 is 40.7 Å². The summed E-state index contributed by atoms with van der Waals surface area (Å²) in [6.07, 6.45) is 10.3. The van der Waals surface area contributed by atoms with Crippen molar-refractivity contribution in [2.75, 3.05) is 58.2 Å². The molecule has 47 heavy (non-hydrogen) atoms. The number of ether oxygens (including phenoxy) is 2. The molecule has 2 N–H and O–H groups in total. The molecule has 1 aliphatic rings. The Morgan fingerprint density at radius 3 is 2.15 bits per heavy atom. The molecule has 2 heterocycles. The Hall–Kier alpha value is -3.18. The lowest BCUT2D eigenvalue weighted by atomic mass is 10.1. The lowest BCUT2D eigenvalue weighted by molar-refractivity contribution is -0.912. The minimum atomic E-state index is -0.392. The van der Waals surface area contributed by atoms with E-state index in [2.05, 4.69) is 31.1 Å². The predicted octanol–water partition coefficient (Wildman–Crippen LogP) is 7.24. The molecule has 266 valence electrons. The molecule has 0 unspecified atom stereocenters. The number of carbonyl (C=O) groups excluding carboxylic acids is 4. The molecule has 1 fully saturated rings. The number of thiophene rings is 1. The summed E-state index contributed by atoms with van der Waals surface area (Å²) in [6.45, 7) is 21.9. The summed E-state index contributed by atoms with van der Waals surface area (Å²) in [7, 11) is 1.55. The number of allylic oxidation sites excluding steroid dienone is 2. The number of rotatable bonds is 16. The van der Waals surface area contributed by atoms with Crippen molar-refractivity contribution in [3.8, 4) is 0 Å². The molecule has 1 saturated heterocycles. The van der Waals surface area contributed by atoms with E-state index in [1.54, 1.807) is 18.1 Å². The third kappa shape index (κ3) is 16.5. The van der Waals surface area contributed by atoms with E-state index in [9.17, 15) is 19.2 Å². The van der Waals surface area contributed by atoms with Crippen molar-refractivity contribution in [1.29, 1.82) is 0 Å². The van der Waals surface area contributed by atoms with Crippen LogP contribution in [0.1, 0.15) is 108 Å². The predicted molar refractivity (Wildman–Crippen MR) is 192 cm³/mol. The second-order valence-electron chi connectivity index (χ2n) is 13.3. The maximum Gasteiger partial charge on any atom is 0.410 e. The van der Waals surface area contributed by atoms with E-state index in [0.29, 0.717) is 33.7 Å². The Labute approximate surface area is 287 Å². The van der Waals surface area contributed by atoms with Crippen molar-refractivity contribution < 1.29 is 33.1 Å². The number of amides is 3. The summed E-state index contributed by atoms with van der Waals surface area (Å²) < 4.78 is 10.6. The van der Waals surface area contributed by atoms with E-state index in [4.69, 9.17) is 9.47 Å². The van der Waals surface area contributed by atoms with Gasteiger partial charge in [0.15, 0.2) is 12.3 Å². The number of quaternary nitrogens is 1. The molecule has 1 aliphatic heterocycles. The maximum absolute atomic E-state index is 13.2. The quantitative estimate of drug-likeness (QED) is 0.108. The Morgan fingerprint density at radius 2 is 1.62 bits per heavy atom. The summed E-state index contributed by atoms with van der Waals surface area (Å²) in [5, 5.41) is 7.75. The average molecular weight is 678 g/mol. The second-order valence-corrected chi connectivity index (χ2v) is 14.2. The molecule has 0 radical (unpaired) electrons. The third-order valence-electron chi connectivity index (χ3n) is 7.49. The van der Waals surface area contributed by atoms with Crippen LogP contribution in [0.25, 0.3) is 0 Å². The van der Waals surface area contributed by atoms with Gasteiger partial charge >= 0.3 is 6.09 Å². The largest absolute Gasteiger partial charge is 0.504 e. The highest BCUT2D eigenvalue weighted by molar-refractivity contribution is 7.13. The van der Waals surface area contributed by atoms with Crippen molar-refractivity contribution in [1.82, 2.24) is 10.2 Å². The number of hydrogen-bond donors (Lipinski definition) is 2. The van der Waals surface area contributed by atoms with E-state index in [-0.39, 0.29) is 36.7 Å². The number of anilines is 1. The number of aryl methyl sites for hydroxylation is 1. The standard InChI is InChI=1S/C25H37N3O4S.C11H23NO2/c1-5-11-26-25(31)24-23(20(3)18-33-24)27-22(30)17-28(12-8-6-7-9-13-28)16-21(29)15-19(2)10-14-32-4;1-6-8-12(9-7-2)10(13)14-11(3,4)5/h10,14,18H,2,5-9,11-13,15-17H2,1,3-4H3,(H-,26,27,30,31);6-9H2,1-5H3/p+1/b14-10-;. The van der Waals surface area contributed by atoms with Gasteiger partial charge in [-0.15, -0.1) is 11.3 Å². The Kier molecular flexibility index (Phi) is 19.3. The zero-order valence-electron chi connectivity index (χ0n) is 30.3. The Bertz CT molecular complexity index is 1170. The Morgan fingerprint density at radius 1 is 1.00 bits per heavy atom. The summed E-state index contributed by atoms with van der Waals surface area (Å²) >= 11 is 1.34. The fraction of sp³-hybridized carbons (Fsp3) is 0.667. The van der Waals surface area contributed by atoms with Gasteiger partial charge in [0.1, 0.15) is 17.0 Å². The van der Waals surface area contributed by atoms with Crippen LogP contribution in [0.15, 0.2) is 29.9 Å². The van der Waals surface area contributed by atoms with Crippen LogP contribution in [0.4, 0.5) is 10.5 Å². The second kappa shape index (κ2) is 21.6. The minimum Gasteiger partial charge on any atom is -0.504 e. The zero-order valence-corrected chi connectivity index (χ0v) is 31.1. The number of Topliss-reactive ketones (excluding diaryl/α,β-unsaturated/α-hetero) is 1. The molecule has 3 amide bonds. The van der Waals surface area contributed by atoms with Crippen molar-refractivity contribution in [2.24, 2.45) is 0 Å². The number of hydrogen-bond acceptors (Lipinski definition) is 7. The van der Waals surface area contributed by atoms with Gasteiger partial charge in [0.2, 0.25) is 0 Å². The number of likely N-dealkylation sites (tertiary alicyclic amines) is 1. The van der Waals surface area contributed by atoms with Crippen molar-refractivity contribution in [3.63, 3.8) is 0 Å². The fourth-order valence-electron chi connectivity index (χ4n) is 5.37. The molecule has 0 aliphatic carbocycles. The van der Waals surface area contributed by atoms with E-state index < -0.39 is 5.60 Å². The van der Waals surface area contributed by atoms with Gasteiger partial charge in [-0.3, -0.25) is 14.4 Å². The molecule has 1 aromatic heterocycles. The summed E-state index contributed by atoms with van der Waals surface area (Å²) in [6, 6.07) is 0. The van der Waals surface area contributed by atoms with Crippen LogP contribution in [0, 0.1) is 6.92 Å². The summed E-state index contributed by atoms with van der Waals surface area (Å²) in [5.74, 6) is -0.252. The lowest BCUT2D eigenvalue weighted by Crippen LogP contribution is -2.55. The summed E-state index contributed by atoms with van der Waals surface area (Å²) in [4.78, 5) is 52.5. The molecular formula is C36H61N4O6S+. The fourth-order valence-corrected chi connectivity index (χ4v) is 6.29. The van der Waals surface area contributed by atoms with Gasteiger partial charge in [-0.1, -0.05) is 27.4 Å². The highest BCUT2D eigenvalue weighted by Crippen LogP contribution is 2.28. The van der Waals surface area contributed by atoms with Crippen LogP contribution in [0.3, 0.4) is 0 Å². The number of nitrogens with zero attached hydrogens (tertiary/aromatic N) is 2. The van der Waals surface area contributed by atoms with Crippen LogP contribution in [-0.2, 0) is 19.1 Å². The van der Waals surface area contributed by atoms with Crippen LogP contribution >= 0.6 is 11.3 Å². The number of carbonyl (C=O) groups is 4. The van der Waals surface area contributed by atoms with E-state index >= 15 is 0 Å². The van der Waals surface area contributed by atoms with Gasteiger partial charge in [-0.25, -0.2) is 4.79 Å². The first kappa shape index (κ1) is 41.8. The molecule has 0 saturated carbocycles. The molecule has 1 aromatic rings. The van der Waals surface area contributed by atoms with Gasteiger partial charge in [0, 0.05) is 26.1 Å². The maximum atomic E-state index is 13.2. The zero-order chi connectivity index (χ0) is 35.5. The first-order valence-corrected chi connectivity index (χ1v) is 18.0. The molecule has 2 rings (SSSR count). The van der Waals surface area contributed by atoms with Crippen molar-refractivity contribution in [2.45, 2.75) is 105 Å². The first-order chi connectivity index (χ1) is 22.2. The van der Waals surface area contributed by atoms with Gasteiger partial charge in [-0.2, -0.15) is 0 Å². The number of ketones is 1. The SMILES string of the molecule is C=C(/C=C\OC)CC(=O)C[N+]1(CC(=O)Nc2c(C)csc2C(=O)NCCC)CCCCCC1.CCCN(CCC)C(=O)OC(C)(C)C. The molecular weight excluding hydrogens is 616 g/mol. The molecule has 0 aromatic carbocycles. The molecule has 0 atom stereocenters. The van der Waals surface area contributed by atoms with E-state index in [0.717, 1.165) is 76.7 Å².